The molecule has 8 amide bonds. The van der Waals surface area contributed by atoms with Gasteiger partial charge in [-0.25, -0.2) is 19.0 Å². The average molecular weight is 1380 g/mol. The minimum atomic E-state index is -2.10. The third kappa shape index (κ3) is 15.0. The van der Waals surface area contributed by atoms with E-state index < -0.39 is 165 Å². The molecule has 528 valence electrons. The molecule has 4 aromatic carbocycles. The second kappa shape index (κ2) is 30.9. The van der Waals surface area contributed by atoms with Gasteiger partial charge in [0.25, 0.3) is 5.56 Å². The van der Waals surface area contributed by atoms with Crippen molar-refractivity contribution >= 4 is 64.3 Å². The largest absolute Gasteiger partial charge is 0.493 e. The lowest BCUT2D eigenvalue weighted by molar-refractivity contribution is -0.227. The predicted molar refractivity (Wildman–Crippen MR) is 348 cm³/mol. The van der Waals surface area contributed by atoms with E-state index in [1.54, 1.807) is 37.3 Å². The summed E-state index contributed by atoms with van der Waals surface area (Å²) in [5.74, 6) is -7.44. The van der Waals surface area contributed by atoms with Crippen molar-refractivity contribution in [3.63, 3.8) is 0 Å². The Morgan fingerprint density at radius 2 is 1.41 bits per heavy atom. The Bertz CT molecular complexity index is 4210. The van der Waals surface area contributed by atoms with Crippen molar-refractivity contribution in [2.75, 3.05) is 59.8 Å². The van der Waals surface area contributed by atoms with Gasteiger partial charge in [0.15, 0.2) is 17.2 Å². The monoisotopic (exact) mass is 1380 g/mol. The summed E-state index contributed by atoms with van der Waals surface area (Å²) in [4.78, 5) is 139. The van der Waals surface area contributed by atoms with Gasteiger partial charge in [0, 0.05) is 53.4 Å². The van der Waals surface area contributed by atoms with E-state index >= 15 is 4.39 Å². The minimum absolute atomic E-state index is 0.0000468. The Kier molecular flexibility index (Phi) is 21.9. The van der Waals surface area contributed by atoms with Crippen molar-refractivity contribution in [3.8, 4) is 28.3 Å². The zero-order chi connectivity index (χ0) is 71.1. The molecule has 0 radical (unpaired) electrons. The van der Waals surface area contributed by atoms with Crippen LogP contribution < -0.4 is 52.8 Å². The van der Waals surface area contributed by atoms with E-state index in [1.807, 2.05) is 48.5 Å². The minimum Gasteiger partial charge on any atom is -0.493 e. The van der Waals surface area contributed by atoms with Gasteiger partial charge in [0.1, 0.15) is 69.2 Å². The molecule has 6 aromatic rings. The molecule has 0 saturated carbocycles. The molecule has 0 spiro atoms. The quantitative estimate of drug-likeness (QED) is 0.0169. The predicted octanol–water partition coefficient (Wildman–Crippen LogP) is -0.857. The first-order chi connectivity index (χ1) is 48.1. The van der Waals surface area contributed by atoms with Crippen LogP contribution in [-0.2, 0) is 88.9 Å². The van der Waals surface area contributed by atoms with Crippen LogP contribution in [0.4, 0.5) is 9.18 Å². The number of amides is 8. The van der Waals surface area contributed by atoms with Crippen LogP contribution in [0.5, 0.6) is 5.75 Å². The zero-order valence-corrected chi connectivity index (χ0v) is 54.3. The Balaban J connectivity index is 0.661. The van der Waals surface area contributed by atoms with Crippen LogP contribution in [-0.4, -0.2) is 191 Å². The van der Waals surface area contributed by atoms with E-state index in [-0.39, 0.29) is 98.1 Å². The van der Waals surface area contributed by atoms with Gasteiger partial charge < -0.3 is 96.3 Å². The molecule has 0 bridgehead atoms. The van der Waals surface area contributed by atoms with Crippen molar-refractivity contribution < 1.29 is 96.8 Å². The number of aromatic nitrogens is 2. The highest BCUT2D eigenvalue weighted by Gasteiger charge is 2.47. The summed E-state index contributed by atoms with van der Waals surface area (Å²) < 4.78 is 44.4. The number of fused-ring (bicyclic) bond motifs is 8. The van der Waals surface area contributed by atoms with Gasteiger partial charge in [-0.15, -0.1) is 0 Å². The molecule has 30 nitrogen and oxygen atoms in total. The molecule has 1 fully saturated rings. The van der Waals surface area contributed by atoms with Crippen molar-refractivity contribution in [3.05, 3.63) is 152 Å². The van der Waals surface area contributed by atoms with Crippen LogP contribution in [0.3, 0.4) is 0 Å². The molecule has 5 heterocycles. The number of cyclic esters (lactones) is 1. The van der Waals surface area contributed by atoms with Gasteiger partial charge in [0.2, 0.25) is 41.4 Å². The third-order valence-electron chi connectivity index (χ3n) is 18.5. The summed E-state index contributed by atoms with van der Waals surface area (Å²) in [6.07, 6.45) is -8.86. The van der Waals surface area contributed by atoms with Crippen LogP contribution in [0.1, 0.15) is 89.1 Å². The van der Waals surface area contributed by atoms with E-state index in [0.29, 0.717) is 27.6 Å². The number of carbonyl (C=O) groups is 9. The Morgan fingerprint density at radius 1 is 0.750 bits per heavy atom. The zero-order valence-electron chi connectivity index (χ0n) is 54.3. The lowest BCUT2D eigenvalue weighted by atomic mass is 9.82. The number of methoxy groups -OCH3 is 1. The molecule has 2 aromatic heterocycles. The number of pyridine rings is 2. The van der Waals surface area contributed by atoms with Crippen LogP contribution in [0, 0.1) is 5.82 Å². The summed E-state index contributed by atoms with van der Waals surface area (Å²) in [6, 6.07) is 23.0. The molecule has 0 unspecified atom stereocenters. The second-order valence-electron chi connectivity index (χ2n) is 24.7. The standard InChI is InChI=1S/C69H75FN10O20/c1-3-69(95)43-22-49-59-40(28-80(49)66(92)42(43)31-98-67(69)93)58-45(18-17-39-57(58)47(78-59)23-44(70)63(39)96-2)76-56(86)32-97-33-75-54(84)26-74-65(91)48(21-34-11-5-4-6-12-34)77-55(85)27-72-53(83)25-73-64(90)46(19-20-52(82)71-24-50-60(87)62(89)61(88)51(29-81)100-50)79-68(94)99-30-41-37-15-9-7-13-35(37)36-14-8-10-16-38(36)41/h4-16,22-23,41,45-46,48,50-51,60-62,81,87-89,95H,3,17-21,24-33H2,1-2H3,(H,71,82)(H,72,83)(H,73,90)(H,74,91)(H,75,84)(H,76,86)(H,77,85)(H,79,94)/t45-,46-,48-,50-,51+,60-,61+,62+,69-/m0/s1. The molecule has 2 aliphatic carbocycles. The van der Waals surface area contributed by atoms with E-state index in [1.165, 1.54) is 23.8 Å². The first-order valence-corrected chi connectivity index (χ1v) is 32.5. The fourth-order valence-corrected chi connectivity index (χ4v) is 13.4. The fourth-order valence-electron chi connectivity index (χ4n) is 13.4. The smallest absolute Gasteiger partial charge is 0.407 e. The van der Waals surface area contributed by atoms with Crippen molar-refractivity contribution in [1.29, 1.82) is 0 Å². The molecular formula is C69H75FN10O20. The van der Waals surface area contributed by atoms with Gasteiger partial charge in [0.05, 0.1) is 68.4 Å². The van der Waals surface area contributed by atoms with E-state index in [2.05, 4.69) is 42.5 Å². The first-order valence-electron chi connectivity index (χ1n) is 32.5. The van der Waals surface area contributed by atoms with Crippen molar-refractivity contribution in [1.82, 2.24) is 52.1 Å². The number of carbonyl (C=O) groups excluding carboxylic acids is 9. The molecule has 31 heteroatoms. The molecule has 3 aliphatic heterocycles. The number of hydrogen-bond acceptors (Lipinski definition) is 21. The number of ether oxygens (including phenoxy) is 5. The summed E-state index contributed by atoms with van der Waals surface area (Å²) in [7, 11) is 1.33. The van der Waals surface area contributed by atoms with Gasteiger partial charge >= 0.3 is 12.1 Å². The number of aryl methyl sites for hydroxylation is 1. The van der Waals surface area contributed by atoms with Crippen molar-refractivity contribution in [2.24, 2.45) is 0 Å². The maximum absolute atomic E-state index is 15.6. The highest BCUT2D eigenvalue weighted by Crippen LogP contribution is 2.48. The lowest BCUT2D eigenvalue weighted by Crippen LogP contribution is -2.60. The van der Waals surface area contributed by atoms with Gasteiger partial charge in [-0.1, -0.05) is 85.8 Å². The number of nitrogens with one attached hydrogen (secondary N) is 8. The van der Waals surface area contributed by atoms with Crippen LogP contribution in [0.15, 0.2) is 95.8 Å². The average Bonchev–Trinajstić information content (AvgIpc) is 0.814. The number of benzene rings is 4. The van der Waals surface area contributed by atoms with E-state index in [9.17, 15) is 73.5 Å². The highest BCUT2D eigenvalue weighted by atomic mass is 19.1. The maximum atomic E-state index is 15.6. The van der Waals surface area contributed by atoms with Crippen LogP contribution >= 0.6 is 0 Å². The second-order valence-corrected chi connectivity index (χ2v) is 24.7. The first kappa shape index (κ1) is 71.0. The Labute approximate surface area is 569 Å². The number of halogens is 1. The maximum Gasteiger partial charge on any atom is 0.407 e. The van der Waals surface area contributed by atoms with Gasteiger partial charge in [-0.2, -0.15) is 0 Å². The van der Waals surface area contributed by atoms with Gasteiger partial charge in [-0.05, 0) is 65.1 Å². The van der Waals surface area contributed by atoms with E-state index in [0.717, 1.165) is 22.3 Å². The van der Waals surface area contributed by atoms with Gasteiger partial charge in [-0.3, -0.25) is 38.4 Å². The SMILES string of the molecule is CC[C@@]1(O)C(=O)OCc2c1cc1n(c2=O)Cc2c-1nc1cc(F)c(OC)c3c1c2[C@@H](NC(=O)COCNC(=O)CNC(=O)[C@H](Cc1ccccc1)NC(=O)CNC(=O)CNC(=O)[C@H](CCC(=O)NC[C@@H]1O[C@H](CO)[C@@H](O)[C@H](O)[C@H]1O)NC(=O)OCC1c2ccccc2-c2ccccc21)CC3. The number of hydrogen-bond donors (Lipinski definition) is 13. The topological polar surface area (TPSA) is 432 Å². The molecule has 1 saturated heterocycles. The third-order valence-corrected chi connectivity index (χ3v) is 18.5. The summed E-state index contributed by atoms with van der Waals surface area (Å²) in [5.41, 5.74) is 4.34. The number of nitrogens with zero attached hydrogens (tertiary/aromatic N) is 2. The molecule has 5 aliphatic rings. The number of aliphatic hydroxyl groups is 5. The molecule has 100 heavy (non-hydrogen) atoms. The summed E-state index contributed by atoms with van der Waals surface area (Å²) in [6.45, 7) is -3.10. The molecular weight excluding hydrogens is 1310 g/mol. The summed E-state index contributed by atoms with van der Waals surface area (Å²) >= 11 is 0. The Morgan fingerprint density at radius 3 is 2.10 bits per heavy atom. The highest BCUT2D eigenvalue weighted by molar-refractivity contribution is 5.96. The molecule has 9 atom stereocenters. The number of rotatable bonds is 27. The molecule has 11 rings (SSSR count). The number of esters is 1. The fraction of sp³-hybridized carbons (Fsp3) is 0.406. The Hall–Kier alpha value is -10.3. The van der Waals surface area contributed by atoms with E-state index in [4.69, 9.17) is 28.7 Å². The van der Waals surface area contributed by atoms with Crippen LogP contribution in [0.25, 0.3) is 33.4 Å². The summed E-state index contributed by atoms with van der Waals surface area (Å²) in [5, 5.41) is 72.4. The van der Waals surface area contributed by atoms with Crippen molar-refractivity contribution in [2.45, 2.75) is 119 Å². The number of alkyl carbamates (subject to hydrolysis) is 1. The number of aliphatic hydroxyl groups excluding tert-OH is 4. The molecule has 13 N–H and O–H groups in total. The normalized spacial score (nSPS) is 20.5. The van der Waals surface area contributed by atoms with Crippen LogP contribution in [0.2, 0.25) is 0 Å². The lowest BCUT2D eigenvalue weighted by Gasteiger charge is -2.40.